The highest BCUT2D eigenvalue weighted by atomic mass is 15.1. The lowest BCUT2D eigenvalue weighted by molar-refractivity contribution is 0.347. The van der Waals surface area contributed by atoms with Crippen molar-refractivity contribution in [2.45, 2.75) is 32.4 Å². The van der Waals surface area contributed by atoms with Gasteiger partial charge in [0.2, 0.25) is 0 Å². The number of hydrogen-bond acceptors (Lipinski definition) is 2. The zero-order valence-electron chi connectivity index (χ0n) is 6.28. The second-order valence-corrected chi connectivity index (χ2v) is 2.83. The molecule has 9 heavy (non-hydrogen) atoms. The van der Waals surface area contributed by atoms with E-state index in [0.717, 1.165) is 13.1 Å². The van der Waals surface area contributed by atoms with Gasteiger partial charge in [-0.1, -0.05) is 6.92 Å². The zero-order chi connectivity index (χ0) is 6.69. The molecule has 2 N–H and O–H groups in total. The standard InChI is InChI=1S/C7H16N2.2H2/c1-3-7-5-8-4-6(2)9-7;;/h6-9H,3-5H2,1-2H3;2*1H. The SMILES string of the molecule is CCC1CNCC(C)N1.[HH].[HH]. The maximum absolute atomic E-state index is 3.50. The van der Waals surface area contributed by atoms with E-state index in [-0.39, 0.29) is 2.85 Å². The quantitative estimate of drug-likeness (QED) is 0.552. The van der Waals surface area contributed by atoms with Gasteiger partial charge < -0.3 is 10.6 Å². The van der Waals surface area contributed by atoms with Gasteiger partial charge in [0.25, 0.3) is 0 Å². The summed E-state index contributed by atoms with van der Waals surface area (Å²) in [6.07, 6.45) is 1.23. The molecular formula is C7H20N2. The van der Waals surface area contributed by atoms with Crippen LogP contribution in [0.15, 0.2) is 0 Å². The van der Waals surface area contributed by atoms with Crippen molar-refractivity contribution >= 4 is 0 Å². The zero-order valence-corrected chi connectivity index (χ0v) is 6.28. The van der Waals surface area contributed by atoms with E-state index in [1.54, 1.807) is 0 Å². The van der Waals surface area contributed by atoms with Gasteiger partial charge in [0.1, 0.15) is 0 Å². The molecule has 1 aliphatic heterocycles. The van der Waals surface area contributed by atoms with Crippen LogP contribution in [0.3, 0.4) is 0 Å². The number of rotatable bonds is 1. The molecule has 2 heteroatoms. The highest BCUT2D eigenvalue weighted by Crippen LogP contribution is 1.96. The first kappa shape index (κ1) is 7.03. The Morgan fingerprint density at radius 2 is 2.33 bits per heavy atom. The monoisotopic (exact) mass is 132 g/mol. The highest BCUT2D eigenvalue weighted by Gasteiger charge is 2.14. The van der Waals surface area contributed by atoms with Gasteiger partial charge in [0.15, 0.2) is 0 Å². The van der Waals surface area contributed by atoms with Crippen LogP contribution in [0.5, 0.6) is 0 Å². The van der Waals surface area contributed by atoms with Gasteiger partial charge in [0.05, 0.1) is 0 Å². The van der Waals surface area contributed by atoms with Gasteiger partial charge in [-0.3, -0.25) is 0 Å². The van der Waals surface area contributed by atoms with Gasteiger partial charge >= 0.3 is 0 Å². The normalized spacial score (nSPS) is 36.7. The molecule has 0 saturated carbocycles. The summed E-state index contributed by atoms with van der Waals surface area (Å²) in [6, 6.07) is 1.36. The Labute approximate surface area is 60.0 Å². The van der Waals surface area contributed by atoms with E-state index in [1.165, 1.54) is 6.42 Å². The molecule has 0 aromatic carbocycles. The van der Waals surface area contributed by atoms with Crippen LogP contribution in [0.1, 0.15) is 23.1 Å². The van der Waals surface area contributed by atoms with Crippen LogP contribution < -0.4 is 10.6 Å². The molecule has 0 aromatic rings. The molecule has 1 fully saturated rings. The molecular weight excluding hydrogens is 112 g/mol. The molecule has 1 aliphatic rings. The molecule has 0 radical (unpaired) electrons. The first-order chi connectivity index (χ1) is 4.33. The first-order valence-electron chi connectivity index (χ1n) is 3.79. The minimum absolute atomic E-state index is 0. The van der Waals surface area contributed by atoms with E-state index >= 15 is 0 Å². The summed E-state index contributed by atoms with van der Waals surface area (Å²) < 4.78 is 0. The lowest BCUT2D eigenvalue weighted by atomic mass is 10.1. The molecule has 1 rings (SSSR count). The van der Waals surface area contributed by atoms with Crippen LogP contribution in [-0.4, -0.2) is 25.2 Å². The van der Waals surface area contributed by atoms with E-state index in [2.05, 4.69) is 24.5 Å². The van der Waals surface area contributed by atoms with E-state index in [1.807, 2.05) is 0 Å². The largest absolute Gasteiger partial charge is 0.314 e. The summed E-state index contributed by atoms with van der Waals surface area (Å²) in [6.45, 7) is 6.70. The highest BCUT2D eigenvalue weighted by molar-refractivity contribution is 4.79. The maximum atomic E-state index is 3.50. The number of piperazine rings is 1. The van der Waals surface area contributed by atoms with Crippen molar-refractivity contribution < 1.29 is 2.85 Å². The van der Waals surface area contributed by atoms with E-state index < -0.39 is 0 Å². The van der Waals surface area contributed by atoms with Crippen LogP contribution in [0.2, 0.25) is 0 Å². The Hall–Kier alpha value is -0.0800. The van der Waals surface area contributed by atoms with Crippen molar-refractivity contribution in [3.63, 3.8) is 0 Å². The molecule has 0 spiro atoms. The Balaban J connectivity index is 0. The Morgan fingerprint density at radius 1 is 1.56 bits per heavy atom. The second-order valence-electron chi connectivity index (χ2n) is 2.83. The van der Waals surface area contributed by atoms with Crippen molar-refractivity contribution in [3.8, 4) is 0 Å². The molecule has 2 nitrogen and oxygen atoms in total. The Bertz CT molecular complexity index is 90.5. The predicted molar refractivity (Wildman–Crippen MR) is 43.8 cm³/mol. The van der Waals surface area contributed by atoms with Gasteiger partial charge in [0, 0.05) is 28.0 Å². The summed E-state index contributed by atoms with van der Waals surface area (Å²) in [4.78, 5) is 0. The van der Waals surface area contributed by atoms with E-state index in [0.29, 0.717) is 12.1 Å². The fraction of sp³-hybridized carbons (Fsp3) is 1.00. The summed E-state index contributed by atoms with van der Waals surface area (Å²) in [5, 5.41) is 6.88. The fourth-order valence-electron chi connectivity index (χ4n) is 1.26. The average Bonchev–Trinajstić information content (AvgIpc) is 1.88. The van der Waals surface area contributed by atoms with Crippen LogP contribution >= 0.6 is 0 Å². The van der Waals surface area contributed by atoms with Crippen LogP contribution in [0.25, 0.3) is 0 Å². The van der Waals surface area contributed by atoms with Crippen molar-refractivity contribution in [2.75, 3.05) is 13.1 Å². The average molecular weight is 132 g/mol. The molecule has 58 valence electrons. The number of nitrogens with one attached hydrogen (secondary N) is 2. The van der Waals surface area contributed by atoms with Gasteiger partial charge in [-0.25, -0.2) is 0 Å². The smallest absolute Gasteiger partial charge is 0.0192 e. The molecule has 0 amide bonds. The molecule has 0 aromatic heterocycles. The topological polar surface area (TPSA) is 24.1 Å². The Kier molecular flexibility index (Phi) is 2.49. The minimum atomic E-state index is 0. The molecule has 2 atom stereocenters. The van der Waals surface area contributed by atoms with Crippen LogP contribution in [0.4, 0.5) is 0 Å². The van der Waals surface area contributed by atoms with Gasteiger partial charge in [-0.15, -0.1) is 0 Å². The fourth-order valence-corrected chi connectivity index (χ4v) is 1.26. The lowest BCUT2D eigenvalue weighted by Gasteiger charge is -2.28. The van der Waals surface area contributed by atoms with Crippen molar-refractivity contribution in [1.82, 2.24) is 10.6 Å². The van der Waals surface area contributed by atoms with Crippen LogP contribution in [0, 0.1) is 0 Å². The molecule has 0 bridgehead atoms. The first-order valence-corrected chi connectivity index (χ1v) is 3.79. The third kappa shape index (κ3) is 1.95. The van der Waals surface area contributed by atoms with Crippen molar-refractivity contribution in [1.29, 1.82) is 0 Å². The van der Waals surface area contributed by atoms with Crippen molar-refractivity contribution in [3.05, 3.63) is 0 Å². The van der Waals surface area contributed by atoms with Gasteiger partial charge in [-0.05, 0) is 13.3 Å². The molecule has 1 saturated heterocycles. The molecule has 2 unspecified atom stereocenters. The predicted octanol–water partition coefficient (Wildman–Crippen LogP) is 0.838. The second kappa shape index (κ2) is 3.18. The summed E-state index contributed by atoms with van der Waals surface area (Å²) >= 11 is 0. The summed E-state index contributed by atoms with van der Waals surface area (Å²) in [5.41, 5.74) is 0. The minimum Gasteiger partial charge on any atom is -0.314 e. The third-order valence-corrected chi connectivity index (χ3v) is 1.85. The number of hydrogen-bond donors (Lipinski definition) is 2. The molecule has 0 aliphatic carbocycles. The third-order valence-electron chi connectivity index (χ3n) is 1.85. The van der Waals surface area contributed by atoms with Crippen molar-refractivity contribution in [2.24, 2.45) is 0 Å². The van der Waals surface area contributed by atoms with E-state index in [4.69, 9.17) is 0 Å². The summed E-state index contributed by atoms with van der Waals surface area (Å²) in [7, 11) is 0. The molecule has 1 heterocycles. The Morgan fingerprint density at radius 3 is 2.78 bits per heavy atom. The van der Waals surface area contributed by atoms with Crippen LogP contribution in [-0.2, 0) is 0 Å². The maximum Gasteiger partial charge on any atom is 0.0192 e. The lowest BCUT2D eigenvalue weighted by Crippen LogP contribution is -2.53. The summed E-state index contributed by atoms with van der Waals surface area (Å²) in [5.74, 6) is 0. The van der Waals surface area contributed by atoms with E-state index in [9.17, 15) is 0 Å². The van der Waals surface area contributed by atoms with Gasteiger partial charge in [-0.2, -0.15) is 0 Å².